The maximum Gasteiger partial charge on any atom is 0.407 e. The standard InChI is InChI=1S/C35H41N9O7.2C3H8/c1-5-13-43(30(45)17-38-34(47)49-3)19-28-36-15-26(41-28)23-9-7-22(8-10-23)24-11-12-25(32-33(24)51-21-40-32)27-16-37-29(42-27)20-44(14-6-2)31(46)18-39-35(48)50-4;2*1-3-2/h7-12,15-16,21H,5-6,13-14,17-20H2,1-4H3,(H,36,41)(H,37,42)(H,38,47)(H,39,48);2*3H2,1-2H3. The smallest absolute Gasteiger partial charge is 0.407 e. The summed E-state index contributed by atoms with van der Waals surface area (Å²) in [4.78, 5) is 71.6. The number of alkyl carbamates (subject to hydrolysis) is 2. The molecule has 4 amide bonds. The predicted molar refractivity (Wildman–Crippen MR) is 219 cm³/mol. The highest BCUT2D eigenvalue weighted by Gasteiger charge is 2.20. The SMILES string of the molecule is CCC.CCC.CCCN(Cc1ncc(-c2ccc(-c3ccc(-c4cnc(CN(CCC)C(=O)CNC(=O)OC)[nH]4)c4ncoc34)cc2)[nH]1)C(=O)CNC(=O)OC. The number of aromatic amines is 2. The monoisotopic (exact) mass is 787 g/mol. The minimum atomic E-state index is -0.669. The molecule has 2 aromatic carbocycles. The fourth-order valence-electron chi connectivity index (χ4n) is 5.54. The van der Waals surface area contributed by atoms with E-state index in [1.165, 1.54) is 33.5 Å². The van der Waals surface area contributed by atoms with Crippen molar-refractivity contribution >= 4 is 35.1 Å². The van der Waals surface area contributed by atoms with Crippen LogP contribution in [0, 0.1) is 0 Å². The Morgan fingerprint density at radius 2 is 1.11 bits per heavy atom. The zero-order chi connectivity index (χ0) is 41.7. The minimum Gasteiger partial charge on any atom is -0.453 e. The van der Waals surface area contributed by atoms with Crippen LogP contribution in [0.15, 0.2) is 59.6 Å². The zero-order valence-corrected chi connectivity index (χ0v) is 34.4. The second-order valence-corrected chi connectivity index (χ2v) is 13.0. The van der Waals surface area contributed by atoms with E-state index >= 15 is 0 Å². The highest BCUT2D eigenvalue weighted by atomic mass is 16.5. The molecule has 0 aliphatic rings. The molecule has 0 unspecified atom stereocenters. The molecular formula is C41H57N9O7. The first kappa shape index (κ1) is 45.2. The molecule has 0 fully saturated rings. The molecule has 5 aromatic rings. The third-order valence-electron chi connectivity index (χ3n) is 8.05. The molecule has 0 saturated heterocycles. The number of methoxy groups -OCH3 is 2. The summed E-state index contributed by atoms with van der Waals surface area (Å²) in [7, 11) is 2.49. The van der Waals surface area contributed by atoms with Crippen LogP contribution in [0.3, 0.4) is 0 Å². The molecule has 308 valence electrons. The van der Waals surface area contributed by atoms with E-state index < -0.39 is 12.2 Å². The number of hydrogen-bond acceptors (Lipinski definition) is 10. The molecule has 0 bridgehead atoms. The average Bonchev–Trinajstić information content (AvgIpc) is 4.01. The Labute approximate surface area is 334 Å². The Kier molecular flexibility index (Phi) is 18.8. The Morgan fingerprint density at radius 1 is 0.649 bits per heavy atom. The van der Waals surface area contributed by atoms with Gasteiger partial charge in [0.25, 0.3) is 0 Å². The summed E-state index contributed by atoms with van der Waals surface area (Å²) in [5, 5.41) is 4.85. The number of ether oxygens (including phenoxy) is 2. The molecular weight excluding hydrogens is 731 g/mol. The van der Waals surface area contributed by atoms with Gasteiger partial charge in [0.05, 0.1) is 51.1 Å². The van der Waals surface area contributed by atoms with Crippen molar-refractivity contribution in [2.75, 3.05) is 40.4 Å². The van der Waals surface area contributed by atoms with Gasteiger partial charge in [0.15, 0.2) is 12.0 Å². The quantitative estimate of drug-likeness (QED) is 0.0835. The van der Waals surface area contributed by atoms with Crippen LogP contribution in [-0.2, 0) is 32.2 Å². The van der Waals surface area contributed by atoms with Crippen LogP contribution in [-0.4, -0.2) is 99.1 Å². The first-order valence-corrected chi connectivity index (χ1v) is 19.3. The summed E-state index contributed by atoms with van der Waals surface area (Å²) in [5.41, 5.74) is 6.25. The first-order chi connectivity index (χ1) is 27.6. The van der Waals surface area contributed by atoms with Gasteiger partial charge >= 0.3 is 12.2 Å². The number of imidazole rings is 2. The Morgan fingerprint density at radius 3 is 1.60 bits per heavy atom. The lowest BCUT2D eigenvalue weighted by Crippen LogP contribution is -2.40. The van der Waals surface area contributed by atoms with Gasteiger partial charge < -0.3 is 44.3 Å². The van der Waals surface area contributed by atoms with Crippen molar-refractivity contribution in [1.82, 2.24) is 45.4 Å². The number of rotatable bonds is 15. The number of carbonyl (C=O) groups excluding carboxylic acids is 4. The number of hydrogen-bond donors (Lipinski definition) is 4. The Balaban J connectivity index is 0.00000136. The van der Waals surface area contributed by atoms with Crippen LogP contribution in [0.2, 0.25) is 0 Å². The lowest BCUT2D eigenvalue weighted by atomic mass is 9.99. The van der Waals surface area contributed by atoms with Gasteiger partial charge in [-0.3, -0.25) is 9.59 Å². The molecule has 16 heteroatoms. The zero-order valence-electron chi connectivity index (χ0n) is 34.4. The van der Waals surface area contributed by atoms with Crippen molar-refractivity contribution in [3.8, 4) is 33.6 Å². The third-order valence-corrected chi connectivity index (χ3v) is 8.05. The lowest BCUT2D eigenvalue weighted by molar-refractivity contribution is -0.131. The van der Waals surface area contributed by atoms with E-state index in [1.54, 1.807) is 22.2 Å². The van der Waals surface area contributed by atoms with Gasteiger partial charge in [-0.15, -0.1) is 0 Å². The number of carbonyl (C=O) groups is 4. The summed E-state index contributed by atoms with van der Waals surface area (Å²) in [6.07, 6.45) is 7.49. The van der Waals surface area contributed by atoms with Crippen LogP contribution >= 0.6 is 0 Å². The molecule has 57 heavy (non-hydrogen) atoms. The molecule has 0 spiro atoms. The summed E-state index contributed by atoms with van der Waals surface area (Å²) in [6.45, 7) is 13.6. The predicted octanol–water partition coefficient (Wildman–Crippen LogP) is 7.30. The fourth-order valence-corrected chi connectivity index (χ4v) is 5.54. The number of amides is 4. The van der Waals surface area contributed by atoms with Gasteiger partial charge in [0.2, 0.25) is 11.8 Å². The molecule has 3 heterocycles. The van der Waals surface area contributed by atoms with E-state index in [9.17, 15) is 19.2 Å². The van der Waals surface area contributed by atoms with Crippen molar-refractivity contribution in [1.29, 1.82) is 0 Å². The maximum atomic E-state index is 12.7. The largest absolute Gasteiger partial charge is 0.453 e. The van der Waals surface area contributed by atoms with E-state index in [0.29, 0.717) is 35.8 Å². The summed E-state index contributed by atoms with van der Waals surface area (Å²) in [6, 6.07) is 11.8. The molecule has 5 rings (SSSR count). The van der Waals surface area contributed by atoms with Crippen molar-refractivity contribution < 1.29 is 33.1 Å². The van der Waals surface area contributed by atoms with Crippen LogP contribution in [0.25, 0.3) is 44.7 Å². The highest BCUT2D eigenvalue weighted by Crippen LogP contribution is 2.35. The molecule has 0 aliphatic heterocycles. The third kappa shape index (κ3) is 13.2. The van der Waals surface area contributed by atoms with Crippen molar-refractivity contribution in [3.63, 3.8) is 0 Å². The minimum absolute atomic E-state index is 0.164. The first-order valence-electron chi connectivity index (χ1n) is 19.3. The lowest BCUT2D eigenvalue weighted by Gasteiger charge is -2.21. The highest BCUT2D eigenvalue weighted by molar-refractivity contribution is 5.99. The van der Waals surface area contributed by atoms with E-state index in [0.717, 1.165) is 46.5 Å². The van der Waals surface area contributed by atoms with Crippen LogP contribution in [0.1, 0.15) is 78.9 Å². The van der Waals surface area contributed by atoms with Crippen molar-refractivity contribution in [3.05, 3.63) is 66.8 Å². The van der Waals surface area contributed by atoms with Gasteiger partial charge in [0.1, 0.15) is 30.3 Å². The molecule has 3 aromatic heterocycles. The number of fused-ring (bicyclic) bond motifs is 1. The number of nitrogens with one attached hydrogen (secondary N) is 4. The van der Waals surface area contributed by atoms with E-state index in [2.05, 4.69) is 72.7 Å². The molecule has 16 nitrogen and oxygen atoms in total. The van der Waals surface area contributed by atoms with Gasteiger partial charge in [-0.1, -0.05) is 78.6 Å². The molecule has 0 aliphatic carbocycles. The summed E-state index contributed by atoms with van der Waals surface area (Å²) in [5.74, 6) is 0.720. The second kappa shape index (κ2) is 23.7. The summed E-state index contributed by atoms with van der Waals surface area (Å²) < 4.78 is 15.0. The number of nitrogens with zero attached hydrogens (tertiary/aromatic N) is 5. The Bertz CT molecular complexity index is 2000. The van der Waals surface area contributed by atoms with Gasteiger partial charge in [-0.2, -0.15) is 0 Å². The van der Waals surface area contributed by atoms with Gasteiger partial charge in [-0.05, 0) is 36.1 Å². The van der Waals surface area contributed by atoms with Crippen molar-refractivity contribution in [2.24, 2.45) is 0 Å². The maximum absolute atomic E-state index is 12.7. The van der Waals surface area contributed by atoms with Crippen LogP contribution in [0.4, 0.5) is 9.59 Å². The average molecular weight is 788 g/mol. The van der Waals surface area contributed by atoms with E-state index in [1.807, 2.05) is 50.2 Å². The van der Waals surface area contributed by atoms with Crippen molar-refractivity contribution in [2.45, 2.75) is 80.3 Å². The van der Waals surface area contributed by atoms with E-state index in [-0.39, 0.29) is 38.0 Å². The Hall–Kier alpha value is -6.19. The van der Waals surface area contributed by atoms with Crippen LogP contribution in [0.5, 0.6) is 0 Å². The number of H-pyrrole nitrogens is 2. The fraction of sp³-hybridized carbons (Fsp3) is 0.439. The second-order valence-electron chi connectivity index (χ2n) is 13.0. The van der Waals surface area contributed by atoms with Gasteiger partial charge in [-0.25, -0.2) is 24.5 Å². The molecule has 0 atom stereocenters. The van der Waals surface area contributed by atoms with E-state index in [4.69, 9.17) is 4.42 Å². The molecule has 4 N–H and O–H groups in total. The number of benzene rings is 2. The summed E-state index contributed by atoms with van der Waals surface area (Å²) >= 11 is 0. The van der Waals surface area contributed by atoms with Crippen LogP contribution < -0.4 is 10.6 Å². The molecule has 0 radical (unpaired) electrons. The normalized spacial score (nSPS) is 10.4. The number of oxazole rings is 1. The number of aromatic nitrogens is 5. The molecule has 0 saturated carbocycles. The topological polar surface area (TPSA) is 201 Å². The van der Waals surface area contributed by atoms with Gasteiger partial charge in [0, 0.05) is 24.2 Å².